The van der Waals surface area contributed by atoms with Crippen LogP contribution in [0.5, 0.6) is 11.5 Å². The molecule has 2 N–H and O–H groups in total. The number of carbonyl (C=O) groups is 1. The summed E-state index contributed by atoms with van der Waals surface area (Å²) in [4.78, 5) is 11.6. The number of para-hydroxylation sites is 2. The van der Waals surface area contributed by atoms with Crippen molar-refractivity contribution in [1.29, 1.82) is 0 Å². The molecule has 5 rings (SSSR count). The number of rotatable bonds is 3. The topological polar surface area (TPSA) is 50.4 Å². The molecule has 1 atom stereocenters. The van der Waals surface area contributed by atoms with Crippen LogP contribution < -0.4 is 15.4 Å². The van der Waals surface area contributed by atoms with Crippen LogP contribution in [-0.2, 0) is 4.79 Å². The molecule has 0 spiro atoms. The number of hydrogen-bond donors (Lipinski definition) is 2. The molecule has 0 aromatic heterocycles. The highest BCUT2D eigenvalue weighted by Crippen LogP contribution is 2.50. The Hall–Kier alpha value is -3.11. The van der Waals surface area contributed by atoms with Gasteiger partial charge in [0.1, 0.15) is 11.5 Å². The van der Waals surface area contributed by atoms with Crippen molar-refractivity contribution in [2.24, 2.45) is 5.92 Å². The first-order valence-electron chi connectivity index (χ1n) is 10.7. The SMILES string of the molecule is CC(=O)Nc1ccccc1-c1ccc2c(c1)Oc1ccccc1C2C1CCNCC1. The number of fused-ring (bicyclic) bond motifs is 2. The molecular weight excluding hydrogens is 372 g/mol. The first kappa shape index (κ1) is 18.9. The fourth-order valence-corrected chi connectivity index (χ4v) is 4.88. The van der Waals surface area contributed by atoms with E-state index >= 15 is 0 Å². The molecular formula is C26H26N2O2. The van der Waals surface area contributed by atoms with E-state index in [1.54, 1.807) is 0 Å². The molecule has 1 fully saturated rings. The monoisotopic (exact) mass is 398 g/mol. The Balaban J connectivity index is 1.59. The summed E-state index contributed by atoms with van der Waals surface area (Å²) < 4.78 is 6.38. The van der Waals surface area contributed by atoms with Gasteiger partial charge in [0.05, 0.1) is 0 Å². The zero-order chi connectivity index (χ0) is 20.5. The number of nitrogens with one attached hydrogen (secondary N) is 2. The number of benzene rings is 3. The van der Waals surface area contributed by atoms with Crippen molar-refractivity contribution < 1.29 is 9.53 Å². The molecule has 4 heteroatoms. The second kappa shape index (κ2) is 7.96. The zero-order valence-electron chi connectivity index (χ0n) is 17.2. The summed E-state index contributed by atoms with van der Waals surface area (Å²) in [5.41, 5.74) is 5.42. The molecule has 0 aliphatic carbocycles. The van der Waals surface area contributed by atoms with Crippen molar-refractivity contribution in [1.82, 2.24) is 5.32 Å². The standard InChI is InChI=1S/C26H26N2O2/c1-17(29)28-23-8-4-2-6-20(23)19-10-11-22-25(16-19)30-24-9-5-3-7-21(24)26(22)18-12-14-27-15-13-18/h2-11,16,18,26-27H,12-15H2,1H3,(H,28,29). The molecule has 0 bridgehead atoms. The summed E-state index contributed by atoms with van der Waals surface area (Å²) in [6.07, 6.45) is 2.34. The molecule has 30 heavy (non-hydrogen) atoms. The zero-order valence-corrected chi connectivity index (χ0v) is 17.2. The van der Waals surface area contributed by atoms with Crippen LogP contribution in [0, 0.1) is 5.92 Å². The Labute approximate surface area is 177 Å². The normalized spacial score (nSPS) is 18.1. The van der Waals surface area contributed by atoms with Gasteiger partial charge >= 0.3 is 0 Å². The van der Waals surface area contributed by atoms with Gasteiger partial charge in [0.25, 0.3) is 0 Å². The van der Waals surface area contributed by atoms with E-state index in [2.05, 4.69) is 47.0 Å². The van der Waals surface area contributed by atoms with Crippen LogP contribution >= 0.6 is 0 Å². The Kier molecular flexibility index (Phi) is 5.01. The highest BCUT2D eigenvalue weighted by Gasteiger charge is 2.34. The van der Waals surface area contributed by atoms with Crippen LogP contribution in [0.15, 0.2) is 66.7 Å². The van der Waals surface area contributed by atoms with Gasteiger partial charge in [-0.1, -0.05) is 48.5 Å². The number of amides is 1. The van der Waals surface area contributed by atoms with E-state index in [-0.39, 0.29) is 5.91 Å². The Morgan fingerprint density at radius 3 is 2.50 bits per heavy atom. The lowest BCUT2D eigenvalue weighted by Gasteiger charge is -2.36. The lowest BCUT2D eigenvalue weighted by atomic mass is 9.74. The van der Waals surface area contributed by atoms with Crippen molar-refractivity contribution in [3.05, 3.63) is 77.9 Å². The highest BCUT2D eigenvalue weighted by molar-refractivity contribution is 5.94. The summed E-state index contributed by atoms with van der Waals surface area (Å²) in [5.74, 6) is 2.77. The molecule has 2 heterocycles. The van der Waals surface area contributed by atoms with E-state index in [1.807, 2.05) is 30.3 Å². The smallest absolute Gasteiger partial charge is 0.221 e. The summed E-state index contributed by atoms with van der Waals surface area (Å²) in [5, 5.41) is 6.43. The van der Waals surface area contributed by atoms with Gasteiger partial charge in [0.15, 0.2) is 0 Å². The van der Waals surface area contributed by atoms with Gasteiger partial charge in [-0.25, -0.2) is 0 Å². The van der Waals surface area contributed by atoms with E-state index in [0.717, 1.165) is 41.4 Å². The van der Waals surface area contributed by atoms with E-state index < -0.39 is 0 Å². The second-order valence-corrected chi connectivity index (χ2v) is 8.18. The van der Waals surface area contributed by atoms with Crippen molar-refractivity contribution in [3.63, 3.8) is 0 Å². The number of ether oxygens (including phenoxy) is 1. The predicted molar refractivity (Wildman–Crippen MR) is 120 cm³/mol. The third-order valence-electron chi connectivity index (χ3n) is 6.23. The van der Waals surface area contributed by atoms with Crippen LogP contribution in [0.2, 0.25) is 0 Å². The third-order valence-corrected chi connectivity index (χ3v) is 6.23. The van der Waals surface area contributed by atoms with Gasteiger partial charge in [0, 0.05) is 35.2 Å². The molecule has 2 aliphatic rings. The molecule has 4 nitrogen and oxygen atoms in total. The number of carbonyl (C=O) groups excluding carboxylic acids is 1. The molecule has 0 saturated carbocycles. The minimum Gasteiger partial charge on any atom is -0.457 e. The van der Waals surface area contributed by atoms with Gasteiger partial charge in [-0.05, 0) is 55.6 Å². The number of hydrogen-bond acceptors (Lipinski definition) is 3. The van der Waals surface area contributed by atoms with E-state index in [1.165, 1.54) is 30.9 Å². The Morgan fingerprint density at radius 1 is 0.933 bits per heavy atom. The van der Waals surface area contributed by atoms with Crippen LogP contribution in [0.3, 0.4) is 0 Å². The molecule has 1 saturated heterocycles. The minimum absolute atomic E-state index is 0.0726. The first-order valence-corrected chi connectivity index (χ1v) is 10.7. The molecule has 1 unspecified atom stereocenters. The molecule has 152 valence electrons. The molecule has 1 amide bonds. The van der Waals surface area contributed by atoms with Crippen molar-refractivity contribution in [3.8, 4) is 22.6 Å². The molecule has 0 radical (unpaired) electrons. The van der Waals surface area contributed by atoms with E-state index in [9.17, 15) is 4.79 Å². The van der Waals surface area contributed by atoms with Gasteiger partial charge < -0.3 is 15.4 Å². The lowest BCUT2D eigenvalue weighted by molar-refractivity contribution is -0.114. The first-order chi connectivity index (χ1) is 14.7. The quantitative estimate of drug-likeness (QED) is 0.608. The Bertz CT molecular complexity index is 1090. The largest absolute Gasteiger partial charge is 0.457 e. The van der Waals surface area contributed by atoms with Crippen LogP contribution in [-0.4, -0.2) is 19.0 Å². The highest BCUT2D eigenvalue weighted by atomic mass is 16.5. The lowest BCUT2D eigenvalue weighted by Crippen LogP contribution is -2.32. The van der Waals surface area contributed by atoms with Crippen molar-refractivity contribution >= 4 is 11.6 Å². The summed E-state index contributed by atoms with van der Waals surface area (Å²) in [7, 11) is 0. The maximum absolute atomic E-state index is 11.6. The minimum atomic E-state index is -0.0726. The predicted octanol–water partition coefficient (Wildman–Crippen LogP) is 5.55. The van der Waals surface area contributed by atoms with Crippen LogP contribution in [0.25, 0.3) is 11.1 Å². The fraction of sp³-hybridized carbons (Fsp3) is 0.269. The summed E-state index contributed by atoms with van der Waals surface area (Å²) in [6.45, 7) is 3.68. The molecule has 2 aliphatic heterocycles. The van der Waals surface area contributed by atoms with Gasteiger partial charge in [-0.3, -0.25) is 4.79 Å². The van der Waals surface area contributed by atoms with Crippen LogP contribution in [0.1, 0.15) is 36.8 Å². The summed E-state index contributed by atoms with van der Waals surface area (Å²) in [6, 6.07) is 22.8. The number of anilines is 1. The average Bonchev–Trinajstić information content (AvgIpc) is 2.77. The van der Waals surface area contributed by atoms with Gasteiger partial charge in [-0.15, -0.1) is 0 Å². The maximum Gasteiger partial charge on any atom is 0.221 e. The van der Waals surface area contributed by atoms with Gasteiger partial charge in [-0.2, -0.15) is 0 Å². The molecule has 3 aromatic carbocycles. The Morgan fingerprint density at radius 2 is 1.67 bits per heavy atom. The summed E-state index contributed by atoms with van der Waals surface area (Å²) >= 11 is 0. The van der Waals surface area contributed by atoms with Crippen LogP contribution in [0.4, 0.5) is 5.69 Å². The third kappa shape index (κ3) is 3.48. The van der Waals surface area contributed by atoms with Crippen molar-refractivity contribution in [2.75, 3.05) is 18.4 Å². The fourth-order valence-electron chi connectivity index (χ4n) is 4.88. The average molecular weight is 399 g/mol. The second-order valence-electron chi connectivity index (χ2n) is 8.18. The van der Waals surface area contributed by atoms with E-state index in [4.69, 9.17) is 4.74 Å². The van der Waals surface area contributed by atoms with E-state index in [0.29, 0.717) is 11.8 Å². The molecule has 3 aromatic rings. The van der Waals surface area contributed by atoms with Gasteiger partial charge in [0.2, 0.25) is 5.91 Å². The van der Waals surface area contributed by atoms with Crippen molar-refractivity contribution in [2.45, 2.75) is 25.7 Å². The number of piperidine rings is 1. The maximum atomic E-state index is 11.6.